The molecule has 0 radical (unpaired) electrons. The van der Waals surface area contributed by atoms with Crippen molar-refractivity contribution in [2.45, 2.75) is 13.8 Å². The zero-order valence-corrected chi connectivity index (χ0v) is 18.0. The van der Waals surface area contributed by atoms with Gasteiger partial charge in [-0.25, -0.2) is 0 Å². The van der Waals surface area contributed by atoms with Gasteiger partial charge >= 0.3 is 0 Å². The van der Waals surface area contributed by atoms with Crippen molar-refractivity contribution in [1.82, 2.24) is 15.2 Å². The molecule has 31 heavy (non-hydrogen) atoms. The van der Waals surface area contributed by atoms with E-state index in [-0.39, 0.29) is 30.1 Å². The van der Waals surface area contributed by atoms with Gasteiger partial charge in [0, 0.05) is 24.2 Å². The van der Waals surface area contributed by atoms with E-state index < -0.39 is 0 Å². The van der Waals surface area contributed by atoms with E-state index in [9.17, 15) is 14.4 Å². The number of hydrogen-bond acceptors (Lipinski definition) is 5. The highest BCUT2D eigenvalue weighted by Crippen LogP contribution is 2.32. The van der Waals surface area contributed by atoms with E-state index in [1.165, 1.54) is 4.90 Å². The summed E-state index contributed by atoms with van der Waals surface area (Å²) in [6, 6.07) is 16.9. The smallest absolute Gasteiger partial charge is 0.293 e. The van der Waals surface area contributed by atoms with Gasteiger partial charge in [-0.05, 0) is 49.4 Å². The number of thioether (sulfide) groups is 1. The molecule has 1 saturated heterocycles. The first-order valence-corrected chi connectivity index (χ1v) is 10.7. The van der Waals surface area contributed by atoms with Gasteiger partial charge in [-0.2, -0.15) is 0 Å². The van der Waals surface area contributed by atoms with Gasteiger partial charge in [0.1, 0.15) is 0 Å². The lowest BCUT2D eigenvalue weighted by atomic mass is 10.1. The quantitative estimate of drug-likeness (QED) is 0.609. The third-order valence-electron chi connectivity index (χ3n) is 4.96. The Labute approximate surface area is 184 Å². The SMILES string of the molecule is Cc1ccc(C=C2SC(=O)N(CCNC(=O)c3cc(C)nc4ccccc34)C2=O)cc1. The number of amides is 3. The van der Waals surface area contributed by atoms with Crippen LogP contribution in [0.15, 0.2) is 59.5 Å². The van der Waals surface area contributed by atoms with Crippen LogP contribution in [0.1, 0.15) is 27.2 Å². The van der Waals surface area contributed by atoms with E-state index >= 15 is 0 Å². The van der Waals surface area contributed by atoms with Crippen LogP contribution in [-0.4, -0.2) is 40.0 Å². The summed E-state index contributed by atoms with van der Waals surface area (Å²) in [6.07, 6.45) is 1.72. The maximum absolute atomic E-state index is 12.7. The van der Waals surface area contributed by atoms with Crippen molar-refractivity contribution >= 4 is 45.8 Å². The molecule has 1 aromatic heterocycles. The molecule has 0 atom stereocenters. The molecule has 3 aromatic rings. The van der Waals surface area contributed by atoms with Crippen molar-refractivity contribution in [2.75, 3.05) is 13.1 Å². The second-order valence-electron chi connectivity index (χ2n) is 7.33. The summed E-state index contributed by atoms with van der Waals surface area (Å²) in [4.78, 5) is 43.7. The van der Waals surface area contributed by atoms with Crippen LogP contribution in [0, 0.1) is 13.8 Å². The van der Waals surface area contributed by atoms with Crippen molar-refractivity contribution in [3.05, 3.63) is 81.9 Å². The fourth-order valence-corrected chi connectivity index (χ4v) is 4.24. The topological polar surface area (TPSA) is 79.4 Å². The highest BCUT2D eigenvalue weighted by atomic mass is 32.2. The fraction of sp³-hybridized carbons (Fsp3) is 0.167. The third-order valence-corrected chi connectivity index (χ3v) is 5.87. The van der Waals surface area contributed by atoms with Gasteiger partial charge in [0.15, 0.2) is 0 Å². The molecule has 0 saturated carbocycles. The van der Waals surface area contributed by atoms with E-state index in [4.69, 9.17) is 0 Å². The third kappa shape index (κ3) is 4.51. The van der Waals surface area contributed by atoms with Crippen LogP contribution >= 0.6 is 11.8 Å². The zero-order valence-electron chi connectivity index (χ0n) is 17.2. The molecule has 3 amide bonds. The Bertz CT molecular complexity index is 1220. The summed E-state index contributed by atoms with van der Waals surface area (Å²) in [5.41, 5.74) is 4.01. The van der Waals surface area contributed by atoms with Gasteiger partial charge in [-0.1, -0.05) is 48.0 Å². The normalized spacial score (nSPS) is 15.2. The highest BCUT2D eigenvalue weighted by Gasteiger charge is 2.34. The Morgan fingerprint density at radius 2 is 1.84 bits per heavy atom. The minimum atomic E-state index is -0.338. The minimum Gasteiger partial charge on any atom is -0.350 e. The minimum absolute atomic E-state index is 0.115. The molecule has 6 nitrogen and oxygen atoms in total. The molecule has 2 heterocycles. The Morgan fingerprint density at radius 1 is 1.10 bits per heavy atom. The monoisotopic (exact) mass is 431 g/mol. The van der Waals surface area contributed by atoms with Crippen LogP contribution in [0.25, 0.3) is 17.0 Å². The van der Waals surface area contributed by atoms with E-state index in [0.717, 1.165) is 39.5 Å². The highest BCUT2D eigenvalue weighted by molar-refractivity contribution is 8.18. The van der Waals surface area contributed by atoms with Crippen LogP contribution in [0.2, 0.25) is 0 Å². The molecule has 2 aromatic carbocycles. The average molecular weight is 432 g/mol. The number of para-hydroxylation sites is 1. The fourth-order valence-electron chi connectivity index (χ4n) is 3.38. The van der Waals surface area contributed by atoms with Gasteiger partial charge < -0.3 is 5.32 Å². The van der Waals surface area contributed by atoms with E-state index in [2.05, 4.69) is 10.3 Å². The Balaban J connectivity index is 1.42. The van der Waals surface area contributed by atoms with E-state index in [1.807, 2.05) is 62.4 Å². The van der Waals surface area contributed by atoms with Crippen LogP contribution < -0.4 is 5.32 Å². The second-order valence-corrected chi connectivity index (χ2v) is 8.32. The van der Waals surface area contributed by atoms with Gasteiger partial charge in [-0.15, -0.1) is 0 Å². The van der Waals surface area contributed by atoms with Crippen molar-refractivity contribution < 1.29 is 14.4 Å². The molecule has 0 aliphatic carbocycles. The maximum atomic E-state index is 12.7. The zero-order chi connectivity index (χ0) is 22.0. The number of carbonyl (C=O) groups is 3. The summed E-state index contributed by atoms with van der Waals surface area (Å²) in [5.74, 6) is -0.598. The first-order valence-electron chi connectivity index (χ1n) is 9.89. The Hall–Kier alpha value is -3.45. The van der Waals surface area contributed by atoms with Crippen LogP contribution in [0.4, 0.5) is 4.79 Å². The summed E-state index contributed by atoms with van der Waals surface area (Å²) >= 11 is 0.917. The lowest BCUT2D eigenvalue weighted by molar-refractivity contribution is -0.122. The maximum Gasteiger partial charge on any atom is 0.293 e. The molecular weight excluding hydrogens is 410 g/mol. The Kier molecular flexibility index (Phi) is 5.86. The largest absolute Gasteiger partial charge is 0.350 e. The summed E-state index contributed by atoms with van der Waals surface area (Å²) in [6.45, 7) is 4.11. The first-order chi connectivity index (χ1) is 14.9. The number of nitrogens with one attached hydrogen (secondary N) is 1. The number of imide groups is 1. The molecule has 1 aliphatic heterocycles. The van der Waals surface area contributed by atoms with Gasteiger partial charge in [0.05, 0.1) is 16.0 Å². The van der Waals surface area contributed by atoms with Crippen molar-refractivity contribution in [2.24, 2.45) is 0 Å². The number of nitrogens with zero attached hydrogens (tertiary/aromatic N) is 2. The first kappa shape index (κ1) is 20.8. The van der Waals surface area contributed by atoms with Crippen LogP contribution in [0.3, 0.4) is 0 Å². The molecule has 0 unspecified atom stereocenters. The predicted octanol–water partition coefficient (Wildman–Crippen LogP) is 4.32. The Morgan fingerprint density at radius 3 is 2.61 bits per heavy atom. The lowest BCUT2D eigenvalue weighted by Gasteiger charge is -2.14. The number of carbonyl (C=O) groups excluding carboxylic acids is 3. The molecule has 7 heteroatoms. The van der Waals surface area contributed by atoms with Gasteiger partial charge in [-0.3, -0.25) is 24.3 Å². The number of benzene rings is 2. The van der Waals surface area contributed by atoms with Crippen LogP contribution in [-0.2, 0) is 4.79 Å². The number of aryl methyl sites for hydroxylation is 2. The van der Waals surface area contributed by atoms with Crippen molar-refractivity contribution in [1.29, 1.82) is 0 Å². The average Bonchev–Trinajstić information content (AvgIpc) is 3.02. The molecule has 156 valence electrons. The van der Waals surface area contributed by atoms with Gasteiger partial charge in [0.2, 0.25) is 0 Å². The van der Waals surface area contributed by atoms with Crippen molar-refractivity contribution in [3.8, 4) is 0 Å². The standard InChI is InChI=1S/C24H21N3O3S/c1-15-7-9-17(10-8-15)14-21-23(29)27(24(30)31-21)12-11-25-22(28)19-13-16(2)26-20-6-4-3-5-18(19)20/h3-10,13-14H,11-12H2,1-2H3,(H,25,28). The number of aromatic nitrogens is 1. The number of rotatable bonds is 5. The van der Waals surface area contributed by atoms with E-state index in [1.54, 1.807) is 12.1 Å². The lowest BCUT2D eigenvalue weighted by Crippen LogP contribution is -2.37. The molecule has 4 rings (SSSR count). The van der Waals surface area contributed by atoms with Crippen molar-refractivity contribution in [3.63, 3.8) is 0 Å². The molecular formula is C24H21N3O3S. The second kappa shape index (κ2) is 8.73. The number of pyridine rings is 1. The number of hydrogen-bond donors (Lipinski definition) is 1. The van der Waals surface area contributed by atoms with Gasteiger partial charge in [0.25, 0.3) is 17.1 Å². The summed E-state index contributed by atoms with van der Waals surface area (Å²) in [5, 5.41) is 3.25. The van der Waals surface area contributed by atoms with E-state index in [0.29, 0.717) is 10.5 Å². The number of fused-ring (bicyclic) bond motifs is 1. The summed E-state index contributed by atoms with van der Waals surface area (Å²) < 4.78 is 0. The molecule has 1 N–H and O–H groups in total. The molecule has 0 bridgehead atoms. The molecule has 1 aliphatic rings. The molecule has 1 fully saturated rings. The van der Waals surface area contributed by atoms with Crippen LogP contribution in [0.5, 0.6) is 0 Å². The predicted molar refractivity (Wildman–Crippen MR) is 123 cm³/mol. The summed E-state index contributed by atoms with van der Waals surface area (Å²) in [7, 11) is 0. The molecule has 0 spiro atoms.